The molecule has 4 nitrogen and oxygen atoms in total. The number of fused-ring (bicyclic) bond motifs is 1. The summed E-state index contributed by atoms with van der Waals surface area (Å²) in [6.07, 6.45) is 6.52. The van der Waals surface area contributed by atoms with E-state index in [0.717, 1.165) is 25.0 Å². The van der Waals surface area contributed by atoms with E-state index in [1.807, 2.05) is 6.07 Å². The van der Waals surface area contributed by atoms with Gasteiger partial charge in [0.05, 0.1) is 5.54 Å². The van der Waals surface area contributed by atoms with Gasteiger partial charge in [-0.05, 0) is 61.8 Å². The number of aryl methyl sites for hydroxylation is 2. The average Bonchev–Trinajstić information content (AvgIpc) is 2.86. The Morgan fingerprint density at radius 3 is 2.85 bits per heavy atom. The van der Waals surface area contributed by atoms with Crippen LogP contribution in [0.4, 0.5) is 0 Å². The highest BCUT2D eigenvalue weighted by Crippen LogP contribution is 2.31. The molecule has 2 aliphatic rings. The first-order valence-corrected chi connectivity index (χ1v) is 7.44. The van der Waals surface area contributed by atoms with Crippen LogP contribution in [0.15, 0.2) is 18.2 Å². The molecule has 4 heteroatoms. The number of amides is 1. The second-order valence-corrected chi connectivity index (χ2v) is 6.14. The highest BCUT2D eigenvalue weighted by Gasteiger charge is 2.38. The lowest BCUT2D eigenvalue weighted by Crippen LogP contribution is -2.56. The number of ether oxygens (including phenoxy) is 1. The summed E-state index contributed by atoms with van der Waals surface area (Å²) in [5.74, 6) is 0.476. The molecular weight excluding hydrogens is 252 g/mol. The van der Waals surface area contributed by atoms with Gasteiger partial charge in [-0.15, -0.1) is 0 Å². The minimum Gasteiger partial charge on any atom is -0.490 e. The van der Waals surface area contributed by atoms with E-state index in [9.17, 15) is 4.79 Å². The highest BCUT2D eigenvalue weighted by atomic mass is 16.5. The van der Waals surface area contributed by atoms with E-state index in [0.29, 0.717) is 12.8 Å². The minimum atomic E-state index is -0.903. The topological polar surface area (TPSA) is 78.3 Å². The van der Waals surface area contributed by atoms with Gasteiger partial charge in [0.2, 0.25) is 5.91 Å². The zero-order valence-corrected chi connectivity index (χ0v) is 11.7. The second kappa shape index (κ2) is 5.09. The Kier molecular flexibility index (Phi) is 3.42. The lowest BCUT2D eigenvalue weighted by Gasteiger charge is -2.35. The van der Waals surface area contributed by atoms with Crippen LogP contribution in [0, 0.1) is 0 Å². The number of carbonyl (C=O) groups excluding carboxylic acids is 1. The molecule has 4 N–H and O–H groups in total. The third-order valence-electron chi connectivity index (χ3n) is 4.60. The zero-order chi connectivity index (χ0) is 14.2. The maximum Gasteiger partial charge on any atom is 0.237 e. The Hall–Kier alpha value is -1.55. The molecular formula is C16H22N2O2. The van der Waals surface area contributed by atoms with Crippen molar-refractivity contribution in [2.45, 2.75) is 56.6 Å². The van der Waals surface area contributed by atoms with E-state index in [4.69, 9.17) is 16.2 Å². The first-order chi connectivity index (χ1) is 9.57. The van der Waals surface area contributed by atoms with Gasteiger partial charge >= 0.3 is 0 Å². The number of primary amides is 1. The van der Waals surface area contributed by atoms with Crippen LogP contribution in [-0.4, -0.2) is 17.6 Å². The lowest BCUT2D eigenvalue weighted by atomic mass is 9.80. The molecule has 2 unspecified atom stereocenters. The Balaban J connectivity index is 1.70. The molecule has 0 aliphatic heterocycles. The molecule has 0 aromatic heterocycles. The van der Waals surface area contributed by atoms with E-state index in [1.165, 1.54) is 24.0 Å². The van der Waals surface area contributed by atoms with Crippen LogP contribution in [0.5, 0.6) is 5.75 Å². The van der Waals surface area contributed by atoms with Gasteiger partial charge in [-0.3, -0.25) is 4.79 Å². The number of carbonyl (C=O) groups is 1. The molecule has 2 aliphatic carbocycles. The van der Waals surface area contributed by atoms with Gasteiger partial charge in [0.15, 0.2) is 0 Å². The SMILES string of the molecule is NC(=O)C1(N)CCCC(Oc2ccc3c(c2)CCC3)C1. The molecule has 1 fully saturated rings. The van der Waals surface area contributed by atoms with Crippen LogP contribution < -0.4 is 16.2 Å². The largest absolute Gasteiger partial charge is 0.490 e. The average molecular weight is 274 g/mol. The normalized spacial score (nSPS) is 28.9. The molecule has 0 saturated heterocycles. The maximum atomic E-state index is 11.5. The molecule has 0 bridgehead atoms. The van der Waals surface area contributed by atoms with Crippen molar-refractivity contribution < 1.29 is 9.53 Å². The summed E-state index contributed by atoms with van der Waals surface area (Å²) in [4.78, 5) is 11.5. The van der Waals surface area contributed by atoms with Crippen molar-refractivity contribution in [2.75, 3.05) is 0 Å². The Morgan fingerprint density at radius 2 is 2.05 bits per heavy atom. The van der Waals surface area contributed by atoms with Crippen molar-refractivity contribution >= 4 is 5.91 Å². The molecule has 108 valence electrons. The third-order valence-corrected chi connectivity index (χ3v) is 4.60. The van der Waals surface area contributed by atoms with Gasteiger partial charge in [0.25, 0.3) is 0 Å². The number of hydrogen-bond donors (Lipinski definition) is 2. The predicted molar refractivity (Wildman–Crippen MR) is 77.5 cm³/mol. The quantitative estimate of drug-likeness (QED) is 0.880. The van der Waals surface area contributed by atoms with Crippen molar-refractivity contribution in [3.05, 3.63) is 29.3 Å². The van der Waals surface area contributed by atoms with Gasteiger partial charge in [0.1, 0.15) is 11.9 Å². The van der Waals surface area contributed by atoms with Gasteiger partial charge in [-0.1, -0.05) is 6.07 Å². The van der Waals surface area contributed by atoms with Crippen LogP contribution in [0.2, 0.25) is 0 Å². The van der Waals surface area contributed by atoms with Gasteiger partial charge in [-0.25, -0.2) is 0 Å². The van der Waals surface area contributed by atoms with Crippen LogP contribution >= 0.6 is 0 Å². The molecule has 1 aromatic rings. The molecule has 1 saturated carbocycles. The fourth-order valence-electron chi connectivity index (χ4n) is 3.39. The third kappa shape index (κ3) is 2.52. The van der Waals surface area contributed by atoms with E-state index in [-0.39, 0.29) is 6.10 Å². The zero-order valence-electron chi connectivity index (χ0n) is 11.7. The maximum absolute atomic E-state index is 11.5. The summed E-state index contributed by atoms with van der Waals surface area (Å²) in [5.41, 5.74) is 13.4. The monoisotopic (exact) mass is 274 g/mol. The Morgan fingerprint density at radius 1 is 1.25 bits per heavy atom. The molecule has 0 radical (unpaired) electrons. The molecule has 20 heavy (non-hydrogen) atoms. The summed E-state index contributed by atoms with van der Waals surface area (Å²) in [6.45, 7) is 0. The van der Waals surface area contributed by atoms with Crippen LogP contribution in [0.3, 0.4) is 0 Å². The van der Waals surface area contributed by atoms with Crippen LogP contribution in [-0.2, 0) is 17.6 Å². The van der Waals surface area contributed by atoms with Crippen molar-refractivity contribution in [3.63, 3.8) is 0 Å². The Bertz CT molecular complexity index is 529. The van der Waals surface area contributed by atoms with Crippen molar-refractivity contribution in [3.8, 4) is 5.75 Å². The Labute approximate surface area is 119 Å². The van der Waals surface area contributed by atoms with Crippen molar-refractivity contribution in [2.24, 2.45) is 11.5 Å². The fraction of sp³-hybridized carbons (Fsp3) is 0.562. The van der Waals surface area contributed by atoms with Crippen LogP contribution in [0.25, 0.3) is 0 Å². The van der Waals surface area contributed by atoms with Gasteiger partial charge < -0.3 is 16.2 Å². The van der Waals surface area contributed by atoms with E-state index < -0.39 is 11.4 Å². The summed E-state index contributed by atoms with van der Waals surface area (Å²) in [6, 6.07) is 6.32. The molecule has 0 heterocycles. The summed E-state index contributed by atoms with van der Waals surface area (Å²) >= 11 is 0. The van der Waals surface area contributed by atoms with Gasteiger partial charge in [-0.2, -0.15) is 0 Å². The van der Waals surface area contributed by atoms with Crippen molar-refractivity contribution in [1.29, 1.82) is 0 Å². The van der Waals surface area contributed by atoms with E-state index in [2.05, 4.69) is 12.1 Å². The summed E-state index contributed by atoms with van der Waals surface area (Å²) in [5, 5.41) is 0. The molecule has 0 spiro atoms. The highest BCUT2D eigenvalue weighted by molar-refractivity contribution is 5.84. The van der Waals surface area contributed by atoms with Crippen LogP contribution in [0.1, 0.15) is 43.2 Å². The smallest absolute Gasteiger partial charge is 0.237 e. The number of benzene rings is 1. The van der Waals surface area contributed by atoms with Crippen molar-refractivity contribution in [1.82, 2.24) is 0 Å². The molecule has 2 atom stereocenters. The first-order valence-electron chi connectivity index (χ1n) is 7.44. The summed E-state index contributed by atoms with van der Waals surface area (Å²) < 4.78 is 6.04. The predicted octanol–water partition coefficient (Wildman–Crippen LogP) is 1.68. The second-order valence-electron chi connectivity index (χ2n) is 6.14. The van der Waals surface area contributed by atoms with E-state index >= 15 is 0 Å². The molecule has 1 aromatic carbocycles. The number of hydrogen-bond acceptors (Lipinski definition) is 3. The summed E-state index contributed by atoms with van der Waals surface area (Å²) in [7, 11) is 0. The molecule has 1 amide bonds. The fourth-order valence-corrected chi connectivity index (χ4v) is 3.39. The standard InChI is InChI=1S/C16H22N2O2/c17-15(19)16(18)8-2-5-14(10-16)20-13-7-6-11-3-1-4-12(11)9-13/h6-7,9,14H,1-5,8,10,18H2,(H2,17,19). The number of rotatable bonds is 3. The lowest BCUT2D eigenvalue weighted by molar-refractivity contribution is -0.125. The number of nitrogens with two attached hydrogens (primary N) is 2. The first kappa shape index (κ1) is 13.4. The van der Waals surface area contributed by atoms with E-state index in [1.54, 1.807) is 0 Å². The molecule has 3 rings (SSSR count). The van der Waals surface area contributed by atoms with Gasteiger partial charge in [0, 0.05) is 6.42 Å². The minimum absolute atomic E-state index is 0.0132.